The molecule has 1 atom stereocenters. The van der Waals surface area contributed by atoms with E-state index < -0.39 is 0 Å². The Hall–Kier alpha value is -2.00. The zero-order valence-corrected chi connectivity index (χ0v) is 14.3. The van der Waals surface area contributed by atoms with Crippen LogP contribution in [0.25, 0.3) is 0 Å². The normalized spacial score (nSPS) is 12.0. The molecule has 0 aromatic heterocycles. The average Bonchev–Trinajstić information content (AvgIpc) is 2.53. The van der Waals surface area contributed by atoms with E-state index in [4.69, 9.17) is 15.2 Å². The summed E-state index contributed by atoms with van der Waals surface area (Å²) in [7, 11) is 0. The molecule has 2 aromatic carbocycles. The fourth-order valence-electron chi connectivity index (χ4n) is 2.42. The Bertz CT molecular complexity index is 623. The number of benzene rings is 2. The van der Waals surface area contributed by atoms with Crippen molar-refractivity contribution in [1.82, 2.24) is 0 Å². The molecule has 124 valence electrons. The molecule has 0 radical (unpaired) electrons. The SMILES string of the molecule is CCOc1cc(CCC(C)N)ccc1OCc1ccccc1C. The molecule has 0 aliphatic carbocycles. The summed E-state index contributed by atoms with van der Waals surface area (Å²) in [5, 5.41) is 0. The molecule has 2 aromatic rings. The van der Waals surface area contributed by atoms with Crippen LogP contribution in [0.2, 0.25) is 0 Å². The molecule has 3 heteroatoms. The zero-order valence-electron chi connectivity index (χ0n) is 14.3. The van der Waals surface area contributed by atoms with E-state index >= 15 is 0 Å². The van der Waals surface area contributed by atoms with Crippen molar-refractivity contribution in [3.8, 4) is 11.5 Å². The van der Waals surface area contributed by atoms with Crippen molar-refractivity contribution in [2.75, 3.05) is 6.61 Å². The number of hydrogen-bond acceptors (Lipinski definition) is 3. The van der Waals surface area contributed by atoms with Crippen LogP contribution < -0.4 is 15.2 Å². The topological polar surface area (TPSA) is 44.5 Å². The van der Waals surface area contributed by atoms with Crippen LogP contribution in [0.15, 0.2) is 42.5 Å². The van der Waals surface area contributed by atoms with Crippen molar-refractivity contribution in [2.45, 2.75) is 46.3 Å². The van der Waals surface area contributed by atoms with Gasteiger partial charge in [0.2, 0.25) is 0 Å². The van der Waals surface area contributed by atoms with Crippen LogP contribution in [-0.4, -0.2) is 12.6 Å². The maximum absolute atomic E-state index is 5.99. The molecule has 1 unspecified atom stereocenters. The highest BCUT2D eigenvalue weighted by molar-refractivity contribution is 5.43. The van der Waals surface area contributed by atoms with Crippen LogP contribution in [-0.2, 0) is 13.0 Å². The van der Waals surface area contributed by atoms with Crippen LogP contribution in [0.5, 0.6) is 11.5 Å². The Kier molecular flexibility index (Phi) is 6.48. The Morgan fingerprint density at radius 1 is 1.04 bits per heavy atom. The molecule has 2 rings (SSSR count). The first-order valence-corrected chi connectivity index (χ1v) is 8.28. The molecule has 0 aliphatic rings. The maximum atomic E-state index is 5.99. The Morgan fingerprint density at radius 2 is 1.83 bits per heavy atom. The van der Waals surface area contributed by atoms with Gasteiger partial charge < -0.3 is 15.2 Å². The van der Waals surface area contributed by atoms with E-state index in [2.05, 4.69) is 31.2 Å². The highest BCUT2D eigenvalue weighted by Crippen LogP contribution is 2.30. The summed E-state index contributed by atoms with van der Waals surface area (Å²) in [6.07, 6.45) is 1.92. The number of ether oxygens (including phenoxy) is 2. The molecule has 0 saturated heterocycles. The van der Waals surface area contributed by atoms with E-state index in [0.29, 0.717) is 13.2 Å². The predicted molar refractivity (Wildman–Crippen MR) is 95.1 cm³/mol. The van der Waals surface area contributed by atoms with Gasteiger partial charge in [0.05, 0.1) is 6.61 Å². The minimum Gasteiger partial charge on any atom is -0.490 e. The first kappa shape index (κ1) is 17.4. The summed E-state index contributed by atoms with van der Waals surface area (Å²) in [5.41, 5.74) is 9.49. The number of hydrogen-bond donors (Lipinski definition) is 1. The lowest BCUT2D eigenvalue weighted by Crippen LogP contribution is -2.15. The van der Waals surface area contributed by atoms with Gasteiger partial charge in [0, 0.05) is 6.04 Å². The van der Waals surface area contributed by atoms with Crippen molar-refractivity contribution in [2.24, 2.45) is 5.73 Å². The van der Waals surface area contributed by atoms with Crippen molar-refractivity contribution >= 4 is 0 Å². The van der Waals surface area contributed by atoms with E-state index in [9.17, 15) is 0 Å². The van der Waals surface area contributed by atoms with Gasteiger partial charge in [-0.25, -0.2) is 0 Å². The first-order chi connectivity index (χ1) is 11.1. The lowest BCUT2D eigenvalue weighted by Gasteiger charge is -2.14. The van der Waals surface area contributed by atoms with Crippen LogP contribution in [0.3, 0.4) is 0 Å². The fraction of sp³-hybridized carbons (Fsp3) is 0.400. The van der Waals surface area contributed by atoms with E-state index in [1.165, 1.54) is 16.7 Å². The van der Waals surface area contributed by atoms with E-state index in [1.54, 1.807) is 0 Å². The summed E-state index contributed by atoms with van der Waals surface area (Å²) in [4.78, 5) is 0. The maximum Gasteiger partial charge on any atom is 0.161 e. The second-order valence-electron chi connectivity index (χ2n) is 5.95. The molecule has 0 amide bonds. The Balaban J connectivity index is 2.09. The van der Waals surface area contributed by atoms with Crippen LogP contribution in [0.1, 0.15) is 37.0 Å². The summed E-state index contributed by atoms with van der Waals surface area (Å²) in [6, 6.07) is 14.6. The number of aryl methyl sites for hydroxylation is 2. The van der Waals surface area contributed by atoms with Gasteiger partial charge in [-0.1, -0.05) is 30.3 Å². The van der Waals surface area contributed by atoms with E-state index in [1.807, 2.05) is 32.0 Å². The van der Waals surface area contributed by atoms with Crippen molar-refractivity contribution in [3.63, 3.8) is 0 Å². The molecular formula is C20H27NO2. The van der Waals surface area contributed by atoms with E-state index in [-0.39, 0.29) is 6.04 Å². The van der Waals surface area contributed by atoms with Gasteiger partial charge in [0.15, 0.2) is 11.5 Å². The van der Waals surface area contributed by atoms with Crippen LogP contribution >= 0.6 is 0 Å². The van der Waals surface area contributed by atoms with Gasteiger partial charge in [0.1, 0.15) is 6.61 Å². The standard InChI is InChI=1S/C20H27NO2/c1-4-22-20-13-17(10-9-16(3)21)11-12-19(20)23-14-18-8-6-5-7-15(18)2/h5-8,11-13,16H,4,9-10,14,21H2,1-3H3. The number of rotatable bonds is 8. The molecule has 2 N–H and O–H groups in total. The molecular weight excluding hydrogens is 286 g/mol. The fourth-order valence-corrected chi connectivity index (χ4v) is 2.42. The minimum absolute atomic E-state index is 0.211. The largest absolute Gasteiger partial charge is 0.490 e. The quantitative estimate of drug-likeness (QED) is 0.792. The molecule has 0 bridgehead atoms. The minimum atomic E-state index is 0.211. The average molecular weight is 313 g/mol. The monoisotopic (exact) mass is 313 g/mol. The summed E-state index contributed by atoms with van der Waals surface area (Å²) in [6.45, 7) is 7.28. The Morgan fingerprint density at radius 3 is 2.52 bits per heavy atom. The van der Waals surface area contributed by atoms with Gasteiger partial charge in [-0.2, -0.15) is 0 Å². The Labute approximate surface area is 139 Å². The highest BCUT2D eigenvalue weighted by atomic mass is 16.5. The van der Waals surface area contributed by atoms with Crippen LogP contribution in [0.4, 0.5) is 0 Å². The second-order valence-corrected chi connectivity index (χ2v) is 5.95. The van der Waals surface area contributed by atoms with Gasteiger partial charge in [0.25, 0.3) is 0 Å². The summed E-state index contributed by atoms with van der Waals surface area (Å²) in [5.74, 6) is 1.60. The number of nitrogens with two attached hydrogens (primary N) is 1. The van der Waals surface area contributed by atoms with Gasteiger partial charge in [-0.05, 0) is 62.4 Å². The predicted octanol–water partition coefficient (Wildman–Crippen LogP) is 4.25. The van der Waals surface area contributed by atoms with Crippen molar-refractivity contribution in [3.05, 3.63) is 59.2 Å². The molecule has 23 heavy (non-hydrogen) atoms. The highest BCUT2D eigenvalue weighted by Gasteiger charge is 2.08. The first-order valence-electron chi connectivity index (χ1n) is 8.28. The smallest absolute Gasteiger partial charge is 0.161 e. The van der Waals surface area contributed by atoms with E-state index in [0.717, 1.165) is 24.3 Å². The molecule has 0 spiro atoms. The molecule has 3 nitrogen and oxygen atoms in total. The molecule has 0 saturated carbocycles. The lowest BCUT2D eigenvalue weighted by molar-refractivity contribution is 0.268. The van der Waals surface area contributed by atoms with Crippen molar-refractivity contribution in [1.29, 1.82) is 0 Å². The molecule has 0 heterocycles. The van der Waals surface area contributed by atoms with Gasteiger partial charge >= 0.3 is 0 Å². The summed E-state index contributed by atoms with van der Waals surface area (Å²) >= 11 is 0. The summed E-state index contributed by atoms with van der Waals surface area (Å²) < 4.78 is 11.7. The molecule has 0 aliphatic heterocycles. The van der Waals surface area contributed by atoms with Gasteiger partial charge in [-0.3, -0.25) is 0 Å². The third-order valence-corrected chi connectivity index (χ3v) is 3.84. The third kappa shape index (κ3) is 5.29. The van der Waals surface area contributed by atoms with Crippen molar-refractivity contribution < 1.29 is 9.47 Å². The molecule has 0 fully saturated rings. The van der Waals surface area contributed by atoms with Gasteiger partial charge in [-0.15, -0.1) is 0 Å². The van der Waals surface area contributed by atoms with Crippen LogP contribution in [0, 0.1) is 6.92 Å². The lowest BCUT2D eigenvalue weighted by atomic mass is 10.1. The zero-order chi connectivity index (χ0) is 16.7. The second kappa shape index (κ2) is 8.59. The third-order valence-electron chi connectivity index (χ3n) is 3.84.